The van der Waals surface area contributed by atoms with Gasteiger partial charge in [-0.3, -0.25) is 0 Å². The summed E-state index contributed by atoms with van der Waals surface area (Å²) < 4.78 is 26.7. The quantitative estimate of drug-likeness (QED) is 0.754. The fourth-order valence-electron chi connectivity index (χ4n) is 2.30. The second-order valence-corrected chi connectivity index (χ2v) is 7.65. The normalized spacial score (nSPS) is 11.2. The lowest BCUT2D eigenvalue weighted by Crippen LogP contribution is -2.08. The first-order chi connectivity index (χ1) is 10.5. The topological polar surface area (TPSA) is 46.2 Å². The van der Waals surface area contributed by atoms with Crippen LogP contribution >= 0.6 is 15.9 Å². The van der Waals surface area contributed by atoms with Gasteiger partial charge in [-0.25, -0.2) is 8.42 Å². The van der Waals surface area contributed by atoms with Crippen LogP contribution < -0.4 is 5.32 Å². The third-order valence-electron chi connectivity index (χ3n) is 3.41. The number of rotatable bonds is 6. The summed E-state index contributed by atoms with van der Waals surface area (Å²) in [6.45, 7) is 3.72. The van der Waals surface area contributed by atoms with Crippen molar-refractivity contribution in [1.82, 2.24) is 0 Å². The van der Waals surface area contributed by atoms with Crippen LogP contribution in [0.25, 0.3) is 0 Å². The molecule has 0 aliphatic carbocycles. The van der Waals surface area contributed by atoms with Crippen molar-refractivity contribution in [3.05, 3.63) is 65.2 Å². The summed E-state index contributed by atoms with van der Waals surface area (Å²) in [7, 11) is -1.75. The Morgan fingerprint density at radius 1 is 1.18 bits per heavy atom. The number of hydrogen-bond donors (Lipinski definition) is 1. The summed E-state index contributed by atoms with van der Waals surface area (Å²) in [5, 5.41) is 3.07. The van der Waals surface area contributed by atoms with Gasteiger partial charge in [0.25, 0.3) is 0 Å². The molecule has 0 spiro atoms. The average Bonchev–Trinajstić information content (AvgIpc) is 2.52. The van der Waals surface area contributed by atoms with Gasteiger partial charge < -0.3 is 5.32 Å². The number of anilines is 1. The highest BCUT2D eigenvalue weighted by molar-refractivity contribution is 9.10. The first-order valence-corrected chi connectivity index (χ1v) is 9.19. The lowest BCUT2D eigenvalue weighted by Gasteiger charge is -2.14. The van der Waals surface area contributed by atoms with Gasteiger partial charge in [-0.1, -0.05) is 28.1 Å². The molecule has 0 aliphatic rings. The number of nitrogens with one attached hydrogen (secondary N) is 1. The van der Waals surface area contributed by atoms with Crippen molar-refractivity contribution in [2.24, 2.45) is 0 Å². The van der Waals surface area contributed by atoms with Crippen LogP contribution in [0.1, 0.15) is 12.0 Å². The lowest BCUT2D eigenvalue weighted by atomic mass is 10.1. The fourth-order valence-corrected chi connectivity index (χ4v) is 4.10. The molecule has 2 aromatic carbocycles. The minimum absolute atomic E-state index is 0.295. The molecule has 0 saturated carbocycles. The SMILES string of the molecule is C=CCCc1c(NC)cccc1S(=O)(=O)c1ccc(Br)cc1. The number of sulfone groups is 1. The van der Waals surface area contributed by atoms with E-state index in [-0.39, 0.29) is 0 Å². The van der Waals surface area contributed by atoms with E-state index in [2.05, 4.69) is 27.8 Å². The molecule has 116 valence electrons. The van der Waals surface area contributed by atoms with Crippen molar-refractivity contribution >= 4 is 31.5 Å². The number of benzene rings is 2. The Kier molecular flexibility index (Phi) is 5.42. The van der Waals surface area contributed by atoms with E-state index in [1.165, 1.54) is 0 Å². The average molecular weight is 380 g/mol. The molecule has 0 unspecified atom stereocenters. The predicted octanol–water partition coefficient (Wildman–Crippen LogP) is 4.44. The molecular formula is C17H18BrNO2S. The Labute approximate surface area is 140 Å². The van der Waals surface area contributed by atoms with Gasteiger partial charge in [0.15, 0.2) is 0 Å². The van der Waals surface area contributed by atoms with E-state index in [1.807, 2.05) is 6.07 Å². The maximum Gasteiger partial charge on any atom is 0.206 e. The van der Waals surface area contributed by atoms with E-state index in [1.54, 1.807) is 49.5 Å². The second kappa shape index (κ2) is 7.11. The predicted molar refractivity (Wildman–Crippen MR) is 94.1 cm³/mol. The van der Waals surface area contributed by atoms with Gasteiger partial charge in [0.2, 0.25) is 9.84 Å². The Balaban J connectivity index is 2.59. The molecule has 0 radical (unpaired) electrons. The molecule has 3 nitrogen and oxygen atoms in total. The summed E-state index contributed by atoms with van der Waals surface area (Å²) in [6, 6.07) is 12.0. The largest absolute Gasteiger partial charge is 0.388 e. The van der Waals surface area contributed by atoms with E-state index in [4.69, 9.17) is 0 Å². The molecule has 2 aromatic rings. The van der Waals surface area contributed by atoms with Crippen molar-refractivity contribution in [3.8, 4) is 0 Å². The Morgan fingerprint density at radius 2 is 1.86 bits per heavy atom. The molecule has 5 heteroatoms. The molecule has 1 N–H and O–H groups in total. The van der Waals surface area contributed by atoms with Gasteiger partial charge in [-0.05, 0) is 54.8 Å². The first-order valence-electron chi connectivity index (χ1n) is 6.92. The Bertz CT molecular complexity index is 768. The molecule has 0 fully saturated rings. The molecule has 0 heterocycles. The van der Waals surface area contributed by atoms with Crippen LogP contribution in [-0.2, 0) is 16.3 Å². The second-order valence-electron chi connectivity index (χ2n) is 4.82. The van der Waals surface area contributed by atoms with Gasteiger partial charge in [0.1, 0.15) is 0 Å². The van der Waals surface area contributed by atoms with Crippen LogP contribution in [0, 0.1) is 0 Å². The van der Waals surface area contributed by atoms with E-state index in [0.29, 0.717) is 16.2 Å². The summed E-state index contributed by atoms with van der Waals surface area (Å²) in [6.07, 6.45) is 3.15. The number of hydrogen-bond acceptors (Lipinski definition) is 3. The molecule has 0 atom stereocenters. The molecule has 0 aliphatic heterocycles. The Morgan fingerprint density at radius 3 is 2.45 bits per heavy atom. The van der Waals surface area contributed by atoms with Gasteiger partial charge in [0.05, 0.1) is 9.79 Å². The summed E-state index contributed by atoms with van der Waals surface area (Å²) in [5.74, 6) is 0. The van der Waals surface area contributed by atoms with Crippen LogP contribution in [0.5, 0.6) is 0 Å². The lowest BCUT2D eigenvalue weighted by molar-refractivity contribution is 0.595. The number of halogens is 1. The minimum atomic E-state index is -3.54. The van der Waals surface area contributed by atoms with Gasteiger partial charge in [0, 0.05) is 17.2 Å². The van der Waals surface area contributed by atoms with Crippen LogP contribution in [0.2, 0.25) is 0 Å². The third-order valence-corrected chi connectivity index (χ3v) is 5.80. The molecule has 2 rings (SSSR count). The molecule has 0 amide bonds. The summed E-state index contributed by atoms with van der Waals surface area (Å²) >= 11 is 3.32. The van der Waals surface area contributed by atoms with Crippen molar-refractivity contribution in [1.29, 1.82) is 0 Å². The summed E-state index contributed by atoms with van der Waals surface area (Å²) in [5.41, 5.74) is 1.63. The molecule has 0 bridgehead atoms. The summed E-state index contributed by atoms with van der Waals surface area (Å²) in [4.78, 5) is 0.646. The fraction of sp³-hybridized carbons (Fsp3) is 0.176. The molecule has 0 aromatic heterocycles. The van der Waals surface area contributed by atoms with E-state index in [0.717, 1.165) is 22.1 Å². The van der Waals surface area contributed by atoms with Crippen LogP contribution in [0.3, 0.4) is 0 Å². The zero-order valence-electron chi connectivity index (χ0n) is 12.3. The smallest absolute Gasteiger partial charge is 0.206 e. The van der Waals surface area contributed by atoms with Crippen molar-refractivity contribution < 1.29 is 8.42 Å². The molecule has 22 heavy (non-hydrogen) atoms. The van der Waals surface area contributed by atoms with Gasteiger partial charge in [-0.2, -0.15) is 0 Å². The minimum Gasteiger partial charge on any atom is -0.388 e. The van der Waals surface area contributed by atoms with Crippen LogP contribution in [0.4, 0.5) is 5.69 Å². The Hall–Kier alpha value is -1.59. The van der Waals surface area contributed by atoms with Crippen molar-refractivity contribution in [3.63, 3.8) is 0 Å². The van der Waals surface area contributed by atoms with E-state index in [9.17, 15) is 8.42 Å². The number of allylic oxidation sites excluding steroid dienone is 1. The zero-order chi connectivity index (χ0) is 16.2. The monoisotopic (exact) mass is 379 g/mol. The maximum atomic E-state index is 12.9. The maximum absolute atomic E-state index is 12.9. The third kappa shape index (κ3) is 3.42. The highest BCUT2D eigenvalue weighted by Gasteiger charge is 2.22. The van der Waals surface area contributed by atoms with Crippen molar-refractivity contribution in [2.75, 3.05) is 12.4 Å². The zero-order valence-corrected chi connectivity index (χ0v) is 14.7. The van der Waals surface area contributed by atoms with Crippen LogP contribution in [0.15, 0.2) is 69.4 Å². The molecule has 0 saturated heterocycles. The van der Waals surface area contributed by atoms with E-state index >= 15 is 0 Å². The van der Waals surface area contributed by atoms with Crippen molar-refractivity contribution in [2.45, 2.75) is 22.6 Å². The van der Waals surface area contributed by atoms with Crippen LogP contribution in [-0.4, -0.2) is 15.5 Å². The molecular weight excluding hydrogens is 362 g/mol. The van der Waals surface area contributed by atoms with Gasteiger partial charge >= 0.3 is 0 Å². The van der Waals surface area contributed by atoms with E-state index < -0.39 is 9.84 Å². The van der Waals surface area contributed by atoms with Gasteiger partial charge in [-0.15, -0.1) is 6.58 Å². The highest BCUT2D eigenvalue weighted by atomic mass is 79.9. The highest BCUT2D eigenvalue weighted by Crippen LogP contribution is 2.30. The standard InChI is InChI=1S/C17H18BrNO2S/c1-3-4-6-15-16(19-2)7-5-8-17(15)22(20,21)14-11-9-13(18)10-12-14/h3,5,7-12,19H,1,4,6H2,2H3. The first kappa shape index (κ1) is 16.8.